The number of carbonyl (C=O) groups excluding carboxylic acids is 2. The summed E-state index contributed by atoms with van der Waals surface area (Å²) in [6, 6.07) is 0. The first-order valence-corrected chi connectivity index (χ1v) is 23.4. The minimum atomic E-state index is -2.11. The molecule has 22 heteroatoms. The van der Waals surface area contributed by atoms with Gasteiger partial charge in [-0.05, 0) is 25.1 Å². The minimum absolute atomic E-state index is 0.0264. The number of aromatic amines is 2. The molecule has 0 aromatic carbocycles. The Labute approximate surface area is 349 Å². The number of H-pyrrole nitrogens is 2. The molecule has 0 aliphatic carbocycles. The SMILES string of the molecule is COC1[C@@H](O)[C@@H](C)O[C@H]1n1cnc2c(=O)[nH]c(NC(=O)C(C)C)nc21.COC1[C@@H](O[Si](C)(C)C(C)(C)C)[C@@H](CI)O[C@H]1n1cnc2c(=O)[nH]c(NC(=O)C(C)C)nc21. The van der Waals surface area contributed by atoms with Crippen LogP contribution < -0.4 is 21.8 Å². The average molecular weight is 943 g/mol. The molecule has 2 unspecified atom stereocenters. The second-order valence-corrected chi connectivity index (χ2v) is 22.1. The molecule has 0 bridgehead atoms. The van der Waals surface area contributed by atoms with Crippen LogP contribution in [0.3, 0.4) is 0 Å². The molecular formula is C36H55IN10O10Si. The summed E-state index contributed by atoms with van der Waals surface area (Å²) in [5.41, 5.74) is -0.111. The minimum Gasteiger partial charge on any atom is -0.408 e. The summed E-state index contributed by atoms with van der Waals surface area (Å²) in [5.74, 6) is -0.951. The van der Waals surface area contributed by atoms with E-state index in [-0.39, 0.29) is 69.5 Å². The highest BCUT2D eigenvalue weighted by Crippen LogP contribution is 2.43. The Kier molecular flexibility index (Phi) is 14.0. The molecule has 0 spiro atoms. The van der Waals surface area contributed by atoms with Gasteiger partial charge in [0.05, 0.1) is 24.9 Å². The van der Waals surface area contributed by atoms with Crippen LogP contribution in [0.15, 0.2) is 22.2 Å². The lowest BCUT2D eigenvalue weighted by Gasteiger charge is -2.40. The number of amides is 2. The number of nitrogens with zero attached hydrogens (tertiary/aromatic N) is 6. The third kappa shape index (κ3) is 9.22. The highest BCUT2D eigenvalue weighted by atomic mass is 127. The van der Waals surface area contributed by atoms with Crippen LogP contribution in [0.4, 0.5) is 11.9 Å². The number of anilines is 2. The molecule has 2 amide bonds. The second kappa shape index (κ2) is 17.9. The van der Waals surface area contributed by atoms with E-state index in [1.807, 2.05) is 0 Å². The number of rotatable bonds is 11. The zero-order valence-electron chi connectivity index (χ0n) is 34.8. The molecule has 2 fully saturated rings. The van der Waals surface area contributed by atoms with Crippen LogP contribution in [-0.2, 0) is 33.0 Å². The number of imidazole rings is 2. The Bertz CT molecular complexity index is 2220. The number of halogens is 1. The van der Waals surface area contributed by atoms with E-state index in [0.717, 1.165) is 0 Å². The van der Waals surface area contributed by atoms with Gasteiger partial charge in [0.15, 0.2) is 43.1 Å². The Morgan fingerprint density at radius 2 is 1.31 bits per heavy atom. The van der Waals surface area contributed by atoms with Crippen molar-refractivity contribution in [2.24, 2.45) is 11.8 Å². The van der Waals surface area contributed by atoms with Gasteiger partial charge in [-0.3, -0.25) is 48.9 Å². The summed E-state index contributed by atoms with van der Waals surface area (Å²) >= 11 is 2.29. The lowest BCUT2D eigenvalue weighted by atomic mass is 10.1. The van der Waals surface area contributed by atoms with Crippen LogP contribution in [0.1, 0.15) is 67.8 Å². The fraction of sp³-hybridized carbons (Fsp3) is 0.667. The highest BCUT2D eigenvalue weighted by Gasteiger charge is 2.51. The number of hydrogen-bond acceptors (Lipinski definition) is 14. The van der Waals surface area contributed by atoms with Crippen molar-refractivity contribution in [2.45, 2.75) is 123 Å². The van der Waals surface area contributed by atoms with Crippen molar-refractivity contribution in [1.29, 1.82) is 0 Å². The number of fused-ring (bicyclic) bond motifs is 2. The summed E-state index contributed by atoms with van der Waals surface area (Å²) in [5, 5.41) is 15.4. The standard InChI is InChI=1S/C21H34IN5O5Si.C15H21N5O5/c1-11(2)17(28)25-20-24-16-13(18(29)26-20)23-10-27(16)19-15(30-6)14(12(9-22)31-19)32-33(7,8)21(3,4)5;1-6(2)12(22)18-15-17-11-8(13(23)19-15)16-5-20(11)14-10(24-4)9(21)7(3)25-14/h10-12,14-15,19H,9H2,1-8H3,(H2,24,25,26,28,29);5-7,9-10,14,21H,1-4H3,(H2,17,18,19,22,23)/t12-,14+,15?,19-;7-,9+,10?,14-/m11/s1. The van der Waals surface area contributed by atoms with E-state index in [1.54, 1.807) is 46.3 Å². The van der Waals surface area contributed by atoms with Gasteiger partial charge in [0, 0.05) is 30.5 Å². The van der Waals surface area contributed by atoms with Gasteiger partial charge < -0.3 is 28.5 Å². The zero-order valence-corrected chi connectivity index (χ0v) is 38.0. The molecule has 320 valence electrons. The smallest absolute Gasteiger partial charge is 0.280 e. The third-order valence-corrected chi connectivity index (χ3v) is 16.0. The van der Waals surface area contributed by atoms with Gasteiger partial charge in [-0.15, -0.1) is 0 Å². The monoisotopic (exact) mass is 942 g/mol. The second-order valence-electron chi connectivity index (χ2n) is 16.5. The molecule has 6 rings (SSSR count). The van der Waals surface area contributed by atoms with E-state index in [9.17, 15) is 24.3 Å². The quantitative estimate of drug-likeness (QED) is 0.0821. The summed E-state index contributed by atoms with van der Waals surface area (Å²) in [4.78, 5) is 70.9. The van der Waals surface area contributed by atoms with E-state index in [4.69, 9.17) is 23.4 Å². The molecule has 6 heterocycles. The topological polar surface area (TPSA) is 252 Å². The molecule has 2 saturated heterocycles. The number of nitrogens with one attached hydrogen (secondary N) is 4. The number of hydrogen-bond donors (Lipinski definition) is 5. The van der Waals surface area contributed by atoms with E-state index >= 15 is 0 Å². The van der Waals surface area contributed by atoms with Gasteiger partial charge in [0.1, 0.15) is 24.4 Å². The maximum absolute atomic E-state index is 12.6. The molecule has 4 aromatic heterocycles. The number of aromatic nitrogens is 8. The summed E-state index contributed by atoms with van der Waals surface area (Å²) in [6.45, 7) is 19.7. The molecule has 0 radical (unpaired) electrons. The average Bonchev–Trinajstić information content (AvgIpc) is 3.91. The largest absolute Gasteiger partial charge is 0.408 e. The predicted molar refractivity (Wildman–Crippen MR) is 225 cm³/mol. The number of aliphatic hydroxyl groups is 1. The Balaban J connectivity index is 0.000000229. The van der Waals surface area contributed by atoms with Crippen LogP contribution in [-0.4, -0.2) is 120 Å². The first-order valence-electron chi connectivity index (χ1n) is 19.0. The molecule has 20 nitrogen and oxygen atoms in total. The van der Waals surface area contributed by atoms with Gasteiger partial charge in [0.2, 0.25) is 23.7 Å². The fourth-order valence-corrected chi connectivity index (χ4v) is 8.15. The number of carbonyl (C=O) groups is 2. The number of alkyl halides is 1. The van der Waals surface area contributed by atoms with E-state index in [0.29, 0.717) is 10.1 Å². The molecule has 5 N–H and O–H groups in total. The lowest BCUT2D eigenvalue weighted by molar-refractivity contribution is -0.119. The summed E-state index contributed by atoms with van der Waals surface area (Å²) in [6.07, 6.45) is -1.16. The predicted octanol–water partition coefficient (Wildman–Crippen LogP) is 3.46. The van der Waals surface area contributed by atoms with Crippen LogP contribution in [0, 0.1) is 11.8 Å². The molecule has 2 aliphatic heterocycles. The van der Waals surface area contributed by atoms with Crippen molar-refractivity contribution < 1.29 is 38.1 Å². The fourth-order valence-electron chi connectivity index (χ4n) is 6.12. The van der Waals surface area contributed by atoms with Crippen molar-refractivity contribution in [3.63, 3.8) is 0 Å². The normalized spacial score (nSPS) is 25.1. The zero-order chi connectivity index (χ0) is 43.0. The molecule has 58 heavy (non-hydrogen) atoms. The Hall–Kier alpha value is -3.65. The van der Waals surface area contributed by atoms with Crippen LogP contribution in [0.2, 0.25) is 18.1 Å². The van der Waals surface area contributed by atoms with Crippen molar-refractivity contribution in [3.8, 4) is 0 Å². The molecular weight excluding hydrogens is 887 g/mol. The van der Waals surface area contributed by atoms with E-state index in [2.05, 4.69) is 97.0 Å². The van der Waals surface area contributed by atoms with Gasteiger partial charge in [-0.25, -0.2) is 9.97 Å². The lowest BCUT2D eigenvalue weighted by Crippen LogP contribution is -2.49. The highest BCUT2D eigenvalue weighted by molar-refractivity contribution is 14.1. The van der Waals surface area contributed by atoms with Crippen molar-refractivity contribution in [2.75, 3.05) is 29.3 Å². The van der Waals surface area contributed by atoms with Crippen LogP contribution in [0.25, 0.3) is 22.3 Å². The molecule has 4 aromatic rings. The van der Waals surface area contributed by atoms with Gasteiger partial charge >= 0.3 is 0 Å². The number of ether oxygens (including phenoxy) is 4. The van der Waals surface area contributed by atoms with Crippen molar-refractivity contribution in [1.82, 2.24) is 39.0 Å². The summed E-state index contributed by atoms with van der Waals surface area (Å²) in [7, 11) is 0.992. The Morgan fingerprint density at radius 3 is 1.71 bits per heavy atom. The van der Waals surface area contributed by atoms with Crippen LogP contribution >= 0.6 is 22.6 Å². The third-order valence-electron chi connectivity index (χ3n) is 10.6. The van der Waals surface area contributed by atoms with Gasteiger partial charge in [-0.2, -0.15) is 9.97 Å². The first kappa shape index (κ1) is 45.4. The molecule has 0 saturated carbocycles. The Morgan fingerprint density at radius 1 is 0.862 bits per heavy atom. The molecule has 2 aliphatic rings. The maximum atomic E-state index is 12.6. The van der Waals surface area contributed by atoms with Gasteiger partial charge in [-0.1, -0.05) is 71.1 Å². The van der Waals surface area contributed by atoms with E-state index < -0.39 is 56.3 Å². The number of methoxy groups -OCH3 is 2. The van der Waals surface area contributed by atoms with Crippen LogP contribution in [0.5, 0.6) is 0 Å². The van der Waals surface area contributed by atoms with Gasteiger partial charge in [0.25, 0.3) is 11.1 Å². The van der Waals surface area contributed by atoms with Crippen molar-refractivity contribution in [3.05, 3.63) is 33.4 Å². The number of aliphatic hydroxyl groups excluding tert-OH is 1. The first-order chi connectivity index (χ1) is 27.1. The van der Waals surface area contributed by atoms with Crippen molar-refractivity contribution >= 4 is 76.9 Å². The molecule has 8 atom stereocenters. The maximum Gasteiger partial charge on any atom is 0.280 e. The summed E-state index contributed by atoms with van der Waals surface area (Å²) < 4.78 is 34.0. The van der Waals surface area contributed by atoms with E-state index in [1.165, 1.54) is 24.3 Å².